The highest BCUT2D eigenvalue weighted by atomic mass is 35.5. The number of carbonyl (C=O) groups is 1. The molecule has 0 spiro atoms. The molecule has 5 heteroatoms. The smallest absolute Gasteiger partial charge is 0.258 e. The minimum atomic E-state index is -0.107. The van der Waals surface area contributed by atoms with Gasteiger partial charge in [-0.1, -0.05) is 53.0 Å². The fourth-order valence-electron chi connectivity index (χ4n) is 2.79. The topological polar surface area (TPSA) is 33.2 Å². The quantitative estimate of drug-likeness (QED) is 0.564. The van der Waals surface area contributed by atoms with Crippen molar-refractivity contribution in [2.45, 2.75) is 20.4 Å². The molecule has 0 aliphatic heterocycles. The van der Waals surface area contributed by atoms with Crippen LogP contribution in [-0.4, -0.2) is 10.9 Å². The maximum Gasteiger partial charge on any atom is 0.258 e. The molecule has 2 aromatic carbocycles. The molecule has 1 amide bonds. The van der Waals surface area contributed by atoms with Crippen LogP contribution < -0.4 is 4.90 Å². The molecule has 3 nitrogen and oxygen atoms in total. The van der Waals surface area contributed by atoms with Gasteiger partial charge in [-0.05, 0) is 49.2 Å². The van der Waals surface area contributed by atoms with Crippen molar-refractivity contribution < 1.29 is 4.79 Å². The molecule has 26 heavy (non-hydrogen) atoms. The van der Waals surface area contributed by atoms with Gasteiger partial charge in [0.15, 0.2) is 0 Å². The van der Waals surface area contributed by atoms with Gasteiger partial charge in [0.2, 0.25) is 0 Å². The van der Waals surface area contributed by atoms with Crippen LogP contribution in [-0.2, 0) is 6.54 Å². The van der Waals surface area contributed by atoms with E-state index in [9.17, 15) is 4.79 Å². The largest absolute Gasteiger partial charge is 0.304 e. The number of hydrogen-bond acceptors (Lipinski definition) is 2. The number of carbonyl (C=O) groups excluding carboxylic acids is 1. The van der Waals surface area contributed by atoms with Gasteiger partial charge < -0.3 is 4.90 Å². The number of aryl methyl sites for hydroxylation is 2. The summed E-state index contributed by atoms with van der Waals surface area (Å²) >= 11 is 12.2. The van der Waals surface area contributed by atoms with E-state index in [1.807, 2.05) is 32.0 Å². The summed E-state index contributed by atoms with van der Waals surface area (Å²) in [6, 6.07) is 15.0. The Hall–Kier alpha value is -2.36. The van der Waals surface area contributed by atoms with E-state index in [1.54, 1.807) is 41.6 Å². The fourth-order valence-corrected chi connectivity index (χ4v) is 3.08. The number of pyridine rings is 1. The highest BCUT2D eigenvalue weighted by Crippen LogP contribution is 2.29. The van der Waals surface area contributed by atoms with Gasteiger partial charge in [-0.25, -0.2) is 0 Å². The van der Waals surface area contributed by atoms with Crippen molar-refractivity contribution in [1.82, 2.24) is 4.98 Å². The molecule has 0 fully saturated rings. The molecular weight excluding hydrogens is 367 g/mol. The summed E-state index contributed by atoms with van der Waals surface area (Å²) < 4.78 is 0. The SMILES string of the molecule is Cc1cccc(CN(C(=O)c2ccncc2C)c2ccc(Cl)c(Cl)c2)c1. The average molecular weight is 385 g/mol. The van der Waals surface area contributed by atoms with Crippen molar-refractivity contribution >= 4 is 34.8 Å². The van der Waals surface area contributed by atoms with Crippen molar-refractivity contribution in [3.63, 3.8) is 0 Å². The Morgan fingerprint density at radius 2 is 1.85 bits per heavy atom. The molecule has 0 aliphatic carbocycles. The van der Waals surface area contributed by atoms with Crippen LogP contribution in [0.2, 0.25) is 10.0 Å². The lowest BCUT2D eigenvalue weighted by molar-refractivity contribution is 0.0984. The van der Waals surface area contributed by atoms with Crippen LogP contribution in [0.4, 0.5) is 5.69 Å². The van der Waals surface area contributed by atoms with Crippen molar-refractivity contribution in [2.75, 3.05) is 4.90 Å². The maximum absolute atomic E-state index is 13.3. The van der Waals surface area contributed by atoms with Crippen LogP contribution in [0.5, 0.6) is 0 Å². The number of anilines is 1. The summed E-state index contributed by atoms with van der Waals surface area (Å²) in [5.41, 5.74) is 4.31. The summed E-state index contributed by atoms with van der Waals surface area (Å²) in [5, 5.41) is 0.871. The highest BCUT2D eigenvalue weighted by Gasteiger charge is 2.20. The number of benzene rings is 2. The lowest BCUT2D eigenvalue weighted by Gasteiger charge is -2.24. The predicted molar refractivity (Wildman–Crippen MR) is 107 cm³/mol. The van der Waals surface area contributed by atoms with Crippen molar-refractivity contribution in [1.29, 1.82) is 0 Å². The van der Waals surface area contributed by atoms with Crippen LogP contribution in [0.15, 0.2) is 60.9 Å². The Morgan fingerprint density at radius 1 is 1.04 bits per heavy atom. The molecule has 132 valence electrons. The van der Waals surface area contributed by atoms with E-state index in [0.29, 0.717) is 27.8 Å². The van der Waals surface area contributed by atoms with Gasteiger partial charge in [-0.3, -0.25) is 9.78 Å². The maximum atomic E-state index is 13.3. The first-order valence-electron chi connectivity index (χ1n) is 8.19. The molecule has 3 aromatic rings. The standard InChI is InChI=1S/C21H18Cl2N2O/c1-14-4-3-5-16(10-14)13-25(17-6-7-19(22)20(23)11-17)21(26)18-8-9-24-12-15(18)2/h3-12H,13H2,1-2H3. The lowest BCUT2D eigenvalue weighted by Crippen LogP contribution is -2.31. The lowest BCUT2D eigenvalue weighted by atomic mass is 10.1. The van der Waals surface area contributed by atoms with Gasteiger partial charge in [0.25, 0.3) is 5.91 Å². The first kappa shape index (κ1) is 18.4. The second kappa shape index (κ2) is 7.90. The van der Waals surface area contributed by atoms with Crippen LogP contribution in [0, 0.1) is 13.8 Å². The van der Waals surface area contributed by atoms with Crippen molar-refractivity contribution in [2.24, 2.45) is 0 Å². The summed E-state index contributed by atoms with van der Waals surface area (Å²) in [4.78, 5) is 19.1. The third-order valence-electron chi connectivity index (χ3n) is 4.13. The third-order valence-corrected chi connectivity index (χ3v) is 4.87. The fraction of sp³-hybridized carbons (Fsp3) is 0.143. The Kier molecular flexibility index (Phi) is 5.60. The zero-order chi connectivity index (χ0) is 18.7. The molecule has 3 rings (SSSR count). The normalized spacial score (nSPS) is 10.6. The Morgan fingerprint density at radius 3 is 2.54 bits per heavy atom. The Labute approximate surface area is 163 Å². The van der Waals surface area contributed by atoms with Crippen molar-refractivity contribution in [3.05, 3.63) is 93.2 Å². The molecule has 0 saturated carbocycles. The van der Waals surface area contributed by atoms with Gasteiger partial charge in [-0.2, -0.15) is 0 Å². The van der Waals surface area contributed by atoms with E-state index >= 15 is 0 Å². The van der Waals surface area contributed by atoms with Gasteiger partial charge in [0.05, 0.1) is 16.6 Å². The van der Waals surface area contributed by atoms with Gasteiger partial charge in [0.1, 0.15) is 0 Å². The molecule has 0 aliphatic rings. The summed E-state index contributed by atoms with van der Waals surface area (Å²) in [5.74, 6) is -0.107. The third kappa shape index (κ3) is 4.06. The number of halogens is 2. The van der Waals surface area contributed by atoms with E-state index in [-0.39, 0.29) is 5.91 Å². The summed E-state index contributed by atoms with van der Waals surface area (Å²) in [6.45, 7) is 4.34. The van der Waals surface area contributed by atoms with E-state index in [1.165, 1.54) is 0 Å². The number of hydrogen-bond donors (Lipinski definition) is 0. The number of nitrogens with zero attached hydrogens (tertiary/aromatic N) is 2. The Balaban J connectivity index is 2.04. The monoisotopic (exact) mass is 384 g/mol. The van der Waals surface area contributed by atoms with E-state index in [2.05, 4.69) is 11.1 Å². The highest BCUT2D eigenvalue weighted by molar-refractivity contribution is 6.42. The second-order valence-electron chi connectivity index (χ2n) is 6.17. The van der Waals surface area contributed by atoms with Crippen LogP contribution in [0.25, 0.3) is 0 Å². The molecule has 0 N–H and O–H groups in total. The molecule has 0 unspecified atom stereocenters. The summed E-state index contributed by atoms with van der Waals surface area (Å²) in [7, 11) is 0. The number of rotatable bonds is 4. The zero-order valence-corrected chi connectivity index (χ0v) is 16.1. The Bertz CT molecular complexity index is 956. The number of amides is 1. The van der Waals surface area contributed by atoms with E-state index < -0.39 is 0 Å². The van der Waals surface area contributed by atoms with Gasteiger partial charge in [-0.15, -0.1) is 0 Å². The zero-order valence-electron chi connectivity index (χ0n) is 14.5. The van der Waals surface area contributed by atoms with E-state index in [0.717, 1.165) is 16.7 Å². The predicted octanol–water partition coefficient (Wildman–Crippen LogP) is 5.85. The molecule has 0 radical (unpaired) electrons. The number of aromatic nitrogens is 1. The minimum absolute atomic E-state index is 0.107. The van der Waals surface area contributed by atoms with Crippen LogP contribution in [0.1, 0.15) is 27.0 Å². The first-order chi connectivity index (χ1) is 12.5. The molecule has 0 atom stereocenters. The first-order valence-corrected chi connectivity index (χ1v) is 8.94. The van der Waals surface area contributed by atoms with Crippen LogP contribution >= 0.6 is 23.2 Å². The average Bonchev–Trinajstić information content (AvgIpc) is 2.62. The molecule has 1 aromatic heterocycles. The van der Waals surface area contributed by atoms with Crippen molar-refractivity contribution in [3.8, 4) is 0 Å². The molecule has 0 bridgehead atoms. The van der Waals surface area contributed by atoms with Crippen LogP contribution in [0.3, 0.4) is 0 Å². The molecular formula is C21H18Cl2N2O. The second-order valence-corrected chi connectivity index (χ2v) is 6.98. The molecule has 1 heterocycles. The summed E-state index contributed by atoms with van der Waals surface area (Å²) in [6.07, 6.45) is 3.31. The minimum Gasteiger partial charge on any atom is -0.304 e. The van der Waals surface area contributed by atoms with E-state index in [4.69, 9.17) is 23.2 Å². The van der Waals surface area contributed by atoms with Gasteiger partial charge in [0, 0.05) is 23.6 Å². The van der Waals surface area contributed by atoms with Gasteiger partial charge >= 0.3 is 0 Å². The molecule has 0 saturated heterocycles.